The molecule has 0 saturated carbocycles. The van der Waals surface area contributed by atoms with Gasteiger partial charge in [-0.25, -0.2) is 4.39 Å². The van der Waals surface area contributed by atoms with Crippen LogP contribution in [-0.4, -0.2) is 36.5 Å². The van der Waals surface area contributed by atoms with Gasteiger partial charge < -0.3 is 10.2 Å². The fourth-order valence-corrected chi connectivity index (χ4v) is 2.48. The molecule has 104 valence electrons. The van der Waals surface area contributed by atoms with Crippen LogP contribution in [0.5, 0.6) is 0 Å². The molecule has 1 aromatic carbocycles. The van der Waals surface area contributed by atoms with Gasteiger partial charge in [0.2, 0.25) is 5.91 Å². The molecule has 1 atom stereocenters. The normalized spacial score (nSPS) is 19.8. The van der Waals surface area contributed by atoms with Crippen molar-refractivity contribution in [3.8, 4) is 0 Å². The number of nitrogens with one attached hydrogen (secondary N) is 1. The Labute approximate surface area is 113 Å². The van der Waals surface area contributed by atoms with Crippen LogP contribution in [0.2, 0.25) is 0 Å². The van der Waals surface area contributed by atoms with Gasteiger partial charge in [0.25, 0.3) is 0 Å². The molecule has 1 saturated heterocycles. The number of carbonyl (C=O) groups is 1. The second-order valence-corrected chi connectivity index (χ2v) is 5.42. The van der Waals surface area contributed by atoms with Crippen molar-refractivity contribution in [2.24, 2.45) is 5.92 Å². The van der Waals surface area contributed by atoms with Gasteiger partial charge in [-0.05, 0) is 24.1 Å². The molecule has 0 bridgehead atoms. The lowest BCUT2D eigenvalue weighted by atomic mass is 10.0. The predicted molar refractivity (Wildman–Crippen MR) is 73.3 cm³/mol. The molecular weight excluding hydrogens is 243 g/mol. The average molecular weight is 264 g/mol. The van der Waals surface area contributed by atoms with Gasteiger partial charge in [-0.15, -0.1) is 0 Å². The van der Waals surface area contributed by atoms with Gasteiger partial charge in [0, 0.05) is 31.6 Å². The van der Waals surface area contributed by atoms with E-state index in [1.807, 2.05) is 24.8 Å². The maximum absolute atomic E-state index is 13.1. The zero-order valence-corrected chi connectivity index (χ0v) is 11.5. The summed E-state index contributed by atoms with van der Waals surface area (Å²) < 4.78 is 13.1. The number of rotatable bonds is 3. The van der Waals surface area contributed by atoms with Crippen molar-refractivity contribution >= 4 is 5.91 Å². The van der Waals surface area contributed by atoms with Crippen LogP contribution in [0.3, 0.4) is 0 Å². The molecule has 1 N–H and O–H groups in total. The molecule has 19 heavy (non-hydrogen) atoms. The molecule has 0 aromatic heterocycles. The predicted octanol–water partition coefficient (Wildman–Crippen LogP) is 1.82. The molecule has 1 amide bonds. The number of hydrogen-bond donors (Lipinski definition) is 1. The summed E-state index contributed by atoms with van der Waals surface area (Å²) in [5.74, 6) is 0.0297. The quantitative estimate of drug-likeness (QED) is 0.903. The first kappa shape index (κ1) is 14.0. The molecule has 0 spiro atoms. The van der Waals surface area contributed by atoms with E-state index in [0.29, 0.717) is 6.54 Å². The van der Waals surface area contributed by atoms with E-state index in [4.69, 9.17) is 0 Å². The third-order valence-electron chi connectivity index (χ3n) is 3.43. The minimum absolute atomic E-state index is 0.0351. The third-order valence-corrected chi connectivity index (χ3v) is 3.43. The Bertz CT molecular complexity index is 448. The van der Waals surface area contributed by atoms with Crippen LogP contribution >= 0.6 is 0 Å². The van der Waals surface area contributed by atoms with Crippen molar-refractivity contribution < 1.29 is 9.18 Å². The first-order chi connectivity index (χ1) is 9.06. The van der Waals surface area contributed by atoms with E-state index < -0.39 is 0 Å². The second kappa shape index (κ2) is 6.15. The van der Waals surface area contributed by atoms with Gasteiger partial charge in [-0.2, -0.15) is 0 Å². The average Bonchev–Trinajstić information content (AvgIpc) is 2.38. The summed E-state index contributed by atoms with van der Waals surface area (Å²) in [6.07, 6.45) is 0.750. The number of nitrogens with zero attached hydrogens (tertiary/aromatic N) is 1. The lowest BCUT2D eigenvalue weighted by molar-refractivity contribution is -0.135. The third kappa shape index (κ3) is 3.77. The number of hydrogen-bond acceptors (Lipinski definition) is 2. The Balaban J connectivity index is 1.96. The Kier molecular flexibility index (Phi) is 4.53. The molecule has 1 unspecified atom stereocenters. The van der Waals surface area contributed by atoms with Gasteiger partial charge >= 0.3 is 0 Å². The molecule has 1 heterocycles. The molecular formula is C15H21FN2O. The van der Waals surface area contributed by atoms with Crippen LogP contribution in [0.4, 0.5) is 4.39 Å². The summed E-state index contributed by atoms with van der Waals surface area (Å²) in [6.45, 7) is 6.11. The van der Waals surface area contributed by atoms with Crippen LogP contribution in [-0.2, 0) is 11.2 Å². The van der Waals surface area contributed by atoms with Crippen molar-refractivity contribution in [2.45, 2.75) is 26.3 Å². The number of benzene rings is 1. The molecule has 0 radical (unpaired) electrons. The van der Waals surface area contributed by atoms with Crippen molar-refractivity contribution in [1.82, 2.24) is 10.2 Å². The second-order valence-electron chi connectivity index (χ2n) is 5.42. The molecule has 1 aromatic rings. The molecule has 0 aliphatic carbocycles. The van der Waals surface area contributed by atoms with Crippen molar-refractivity contribution in [3.05, 3.63) is 35.6 Å². The minimum Gasteiger partial charge on any atom is -0.340 e. The standard InChI is InChI=1S/C15H21FN2O/c1-11(2)15(19)18-7-6-17-14(10-18)9-12-4-3-5-13(16)8-12/h3-5,8,11,14,17H,6-7,9-10H2,1-2H3. The smallest absolute Gasteiger partial charge is 0.225 e. The molecule has 4 heteroatoms. The zero-order valence-electron chi connectivity index (χ0n) is 11.5. The molecule has 1 fully saturated rings. The lowest BCUT2D eigenvalue weighted by Gasteiger charge is -2.34. The summed E-state index contributed by atoms with van der Waals surface area (Å²) in [6, 6.07) is 6.87. The van der Waals surface area contributed by atoms with Gasteiger partial charge in [0.05, 0.1) is 0 Å². The molecule has 1 aliphatic heterocycles. The van der Waals surface area contributed by atoms with Gasteiger partial charge in [0.15, 0.2) is 0 Å². The summed E-state index contributed by atoms with van der Waals surface area (Å²) in [5, 5.41) is 3.39. The van der Waals surface area contributed by atoms with Crippen LogP contribution in [0.15, 0.2) is 24.3 Å². The molecule has 1 aliphatic rings. The number of halogens is 1. The highest BCUT2D eigenvalue weighted by Gasteiger charge is 2.24. The Morgan fingerprint density at radius 2 is 2.32 bits per heavy atom. The first-order valence-corrected chi connectivity index (χ1v) is 6.83. The lowest BCUT2D eigenvalue weighted by Crippen LogP contribution is -2.54. The maximum Gasteiger partial charge on any atom is 0.225 e. The monoisotopic (exact) mass is 264 g/mol. The van der Waals surface area contributed by atoms with Crippen molar-refractivity contribution in [3.63, 3.8) is 0 Å². The maximum atomic E-state index is 13.1. The Morgan fingerprint density at radius 1 is 1.53 bits per heavy atom. The van der Waals surface area contributed by atoms with E-state index in [1.165, 1.54) is 6.07 Å². The number of carbonyl (C=O) groups excluding carboxylic acids is 1. The van der Waals surface area contributed by atoms with Gasteiger partial charge in [-0.3, -0.25) is 4.79 Å². The number of piperazine rings is 1. The highest BCUT2D eigenvalue weighted by Crippen LogP contribution is 2.11. The summed E-state index contributed by atoms with van der Waals surface area (Å²) >= 11 is 0. The van der Waals surface area contributed by atoms with E-state index in [1.54, 1.807) is 12.1 Å². The van der Waals surface area contributed by atoms with Crippen LogP contribution in [0, 0.1) is 11.7 Å². The summed E-state index contributed by atoms with van der Waals surface area (Å²) in [5.41, 5.74) is 0.969. The number of amides is 1. The van der Waals surface area contributed by atoms with E-state index in [0.717, 1.165) is 25.1 Å². The largest absolute Gasteiger partial charge is 0.340 e. The minimum atomic E-state index is -0.205. The summed E-state index contributed by atoms with van der Waals surface area (Å²) in [4.78, 5) is 13.9. The van der Waals surface area contributed by atoms with E-state index in [-0.39, 0.29) is 23.7 Å². The van der Waals surface area contributed by atoms with Crippen LogP contribution in [0.25, 0.3) is 0 Å². The first-order valence-electron chi connectivity index (χ1n) is 6.83. The zero-order chi connectivity index (χ0) is 13.8. The Hall–Kier alpha value is -1.42. The van der Waals surface area contributed by atoms with Crippen molar-refractivity contribution in [2.75, 3.05) is 19.6 Å². The fraction of sp³-hybridized carbons (Fsp3) is 0.533. The van der Waals surface area contributed by atoms with Crippen molar-refractivity contribution in [1.29, 1.82) is 0 Å². The van der Waals surface area contributed by atoms with E-state index >= 15 is 0 Å². The SMILES string of the molecule is CC(C)C(=O)N1CCNC(Cc2cccc(F)c2)C1. The highest BCUT2D eigenvalue weighted by atomic mass is 19.1. The van der Waals surface area contributed by atoms with E-state index in [9.17, 15) is 9.18 Å². The molecule has 3 nitrogen and oxygen atoms in total. The van der Waals surface area contributed by atoms with Gasteiger partial charge in [-0.1, -0.05) is 26.0 Å². The topological polar surface area (TPSA) is 32.3 Å². The van der Waals surface area contributed by atoms with E-state index in [2.05, 4.69) is 5.32 Å². The Morgan fingerprint density at radius 3 is 3.00 bits per heavy atom. The molecule has 2 rings (SSSR count). The summed E-state index contributed by atoms with van der Waals surface area (Å²) in [7, 11) is 0. The van der Waals surface area contributed by atoms with Gasteiger partial charge in [0.1, 0.15) is 5.82 Å². The highest BCUT2D eigenvalue weighted by molar-refractivity contribution is 5.78. The van der Waals surface area contributed by atoms with Crippen LogP contribution in [0.1, 0.15) is 19.4 Å². The van der Waals surface area contributed by atoms with Crippen LogP contribution < -0.4 is 5.32 Å². The fourth-order valence-electron chi connectivity index (χ4n) is 2.48.